The van der Waals surface area contributed by atoms with Crippen molar-refractivity contribution in [1.29, 1.82) is 0 Å². The normalized spacial score (nSPS) is 8.50. The molecule has 0 heterocycles. The van der Waals surface area contributed by atoms with Gasteiger partial charge in [0.1, 0.15) is 0 Å². The molecular weight excluding hydrogens is 218 g/mol. The molecule has 0 atom stereocenters. The van der Waals surface area contributed by atoms with Crippen LogP contribution < -0.4 is 0 Å². The minimum atomic E-state index is 0. The maximum atomic E-state index is 11.8. The van der Waals surface area contributed by atoms with Crippen molar-refractivity contribution in [2.45, 2.75) is 0 Å². The second kappa shape index (κ2) is 8.24. The molecule has 0 saturated carbocycles. The summed E-state index contributed by atoms with van der Waals surface area (Å²) in [6, 6.07) is 18.6. The number of hydrogen-bond donors (Lipinski definition) is 0. The van der Waals surface area contributed by atoms with Gasteiger partial charge in [-0.15, -0.1) is 0 Å². The summed E-state index contributed by atoms with van der Waals surface area (Å²) in [6.45, 7) is 0. The molecule has 0 aromatic heterocycles. The second-order valence-electron chi connectivity index (χ2n) is 3.06. The molecule has 3 heteroatoms. The monoisotopic (exact) mass is 230 g/mol. The van der Waals surface area contributed by atoms with Gasteiger partial charge in [0.2, 0.25) is 0 Å². The van der Waals surface area contributed by atoms with Gasteiger partial charge in [0, 0.05) is 11.1 Å². The molecule has 0 spiro atoms. The molecule has 16 heavy (non-hydrogen) atoms. The standard InChI is InChI=1S/C13H10O.2Na.2H/c14-13(11-7-3-1-4-8-11)12-9-5-2-6-10-12;;;;/h1-10H;;;;. The van der Waals surface area contributed by atoms with Gasteiger partial charge in [-0.3, -0.25) is 4.79 Å². The summed E-state index contributed by atoms with van der Waals surface area (Å²) >= 11 is 0. The first-order valence-electron chi connectivity index (χ1n) is 4.53. The minimum absolute atomic E-state index is 0. The molecule has 0 aliphatic heterocycles. The van der Waals surface area contributed by atoms with E-state index in [2.05, 4.69) is 0 Å². The zero-order valence-corrected chi connectivity index (χ0v) is 7.68. The third-order valence-corrected chi connectivity index (χ3v) is 2.07. The van der Waals surface area contributed by atoms with Crippen LogP contribution in [0.15, 0.2) is 60.7 Å². The molecule has 0 fully saturated rings. The topological polar surface area (TPSA) is 17.1 Å². The van der Waals surface area contributed by atoms with Crippen LogP contribution in [0.1, 0.15) is 15.9 Å². The molecule has 2 aromatic carbocycles. The van der Waals surface area contributed by atoms with E-state index in [-0.39, 0.29) is 64.9 Å². The van der Waals surface area contributed by atoms with Crippen molar-refractivity contribution in [1.82, 2.24) is 0 Å². The number of carbonyl (C=O) groups excluding carboxylic acids is 1. The van der Waals surface area contributed by atoms with E-state index >= 15 is 0 Å². The van der Waals surface area contributed by atoms with Crippen molar-refractivity contribution < 1.29 is 4.79 Å². The SMILES string of the molecule is O=C(c1ccccc1)c1ccccc1.[NaH].[NaH]. The quantitative estimate of drug-likeness (QED) is 0.566. The Bertz CT molecular complexity index is 385. The van der Waals surface area contributed by atoms with Crippen molar-refractivity contribution in [3.8, 4) is 0 Å². The van der Waals surface area contributed by atoms with E-state index in [1.807, 2.05) is 60.7 Å². The van der Waals surface area contributed by atoms with Crippen LogP contribution in [0.5, 0.6) is 0 Å². The van der Waals surface area contributed by atoms with E-state index in [0.717, 1.165) is 11.1 Å². The summed E-state index contributed by atoms with van der Waals surface area (Å²) in [7, 11) is 0. The number of hydrogen-bond acceptors (Lipinski definition) is 1. The number of ketones is 1. The van der Waals surface area contributed by atoms with E-state index < -0.39 is 0 Å². The second-order valence-corrected chi connectivity index (χ2v) is 3.06. The van der Waals surface area contributed by atoms with Crippen LogP contribution in [0, 0.1) is 0 Å². The van der Waals surface area contributed by atoms with Gasteiger partial charge in [-0.2, -0.15) is 0 Å². The Balaban J connectivity index is 0.00000112. The van der Waals surface area contributed by atoms with Gasteiger partial charge in [0.25, 0.3) is 0 Å². The Morgan fingerprint density at radius 2 is 0.938 bits per heavy atom. The fraction of sp³-hybridized carbons (Fsp3) is 0. The van der Waals surface area contributed by atoms with E-state index in [1.165, 1.54) is 0 Å². The molecule has 0 unspecified atom stereocenters. The van der Waals surface area contributed by atoms with Gasteiger partial charge < -0.3 is 0 Å². The van der Waals surface area contributed by atoms with Gasteiger partial charge in [-0.05, 0) is 0 Å². The number of benzene rings is 2. The van der Waals surface area contributed by atoms with Crippen LogP contribution in [-0.4, -0.2) is 64.9 Å². The molecule has 72 valence electrons. The van der Waals surface area contributed by atoms with Gasteiger partial charge >= 0.3 is 59.1 Å². The predicted molar refractivity (Wildman–Crippen MR) is 70.6 cm³/mol. The molecule has 0 saturated heterocycles. The Kier molecular flexibility index (Phi) is 8.29. The first-order chi connectivity index (χ1) is 6.88. The van der Waals surface area contributed by atoms with E-state index in [1.54, 1.807) is 0 Å². The van der Waals surface area contributed by atoms with Crippen molar-refractivity contribution in [2.24, 2.45) is 0 Å². The number of rotatable bonds is 2. The molecule has 0 N–H and O–H groups in total. The first-order valence-corrected chi connectivity index (χ1v) is 4.53. The summed E-state index contributed by atoms with van der Waals surface area (Å²) in [5, 5.41) is 0. The van der Waals surface area contributed by atoms with Crippen LogP contribution >= 0.6 is 0 Å². The average Bonchev–Trinajstić information content (AvgIpc) is 2.30. The molecular formula is C13H12Na2O. The zero-order chi connectivity index (χ0) is 9.80. The third-order valence-electron chi connectivity index (χ3n) is 2.07. The summed E-state index contributed by atoms with van der Waals surface area (Å²) in [4.78, 5) is 11.8. The zero-order valence-electron chi connectivity index (χ0n) is 7.68. The van der Waals surface area contributed by atoms with Crippen molar-refractivity contribution >= 4 is 64.9 Å². The van der Waals surface area contributed by atoms with E-state index in [4.69, 9.17) is 0 Å². The molecule has 0 radical (unpaired) electrons. The summed E-state index contributed by atoms with van der Waals surface area (Å²) in [5.41, 5.74) is 1.47. The molecule has 2 aromatic rings. The van der Waals surface area contributed by atoms with E-state index in [0.29, 0.717) is 0 Å². The Labute approximate surface area is 140 Å². The Morgan fingerprint density at radius 1 is 0.625 bits per heavy atom. The molecule has 0 aliphatic rings. The Hall–Kier alpha value is 0.110. The van der Waals surface area contributed by atoms with Crippen LogP contribution in [0.2, 0.25) is 0 Å². The fourth-order valence-corrected chi connectivity index (χ4v) is 1.35. The van der Waals surface area contributed by atoms with Gasteiger partial charge in [0.05, 0.1) is 0 Å². The first kappa shape index (κ1) is 16.1. The predicted octanol–water partition coefficient (Wildman–Crippen LogP) is 1.62. The van der Waals surface area contributed by atoms with Gasteiger partial charge in [-0.25, -0.2) is 0 Å². The fourth-order valence-electron chi connectivity index (χ4n) is 1.35. The van der Waals surface area contributed by atoms with E-state index in [9.17, 15) is 4.79 Å². The number of carbonyl (C=O) groups is 1. The van der Waals surface area contributed by atoms with Crippen LogP contribution in [0.4, 0.5) is 0 Å². The van der Waals surface area contributed by atoms with Crippen LogP contribution in [0.3, 0.4) is 0 Å². The van der Waals surface area contributed by atoms with Crippen LogP contribution in [0.25, 0.3) is 0 Å². The summed E-state index contributed by atoms with van der Waals surface area (Å²) in [5.74, 6) is 0.0752. The molecule has 2 rings (SSSR count). The summed E-state index contributed by atoms with van der Waals surface area (Å²) < 4.78 is 0. The maximum absolute atomic E-state index is 11.8. The molecule has 0 aliphatic carbocycles. The van der Waals surface area contributed by atoms with Gasteiger partial charge in [-0.1, -0.05) is 60.7 Å². The summed E-state index contributed by atoms with van der Waals surface area (Å²) in [6.07, 6.45) is 0. The van der Waals surface area contributed by atoms with Crippen molar-refractivity contribution in [2.75, 3.05) is 0 Å². The molecule has 0 bridgehead atoms. The van der Waals surface area contributed by atoms with Crippen LogP contribution in [-0.2, 0) is 0 Å². The van der Waals surface area contributed by atoms with Crippen molar-refractivity contribution in [3.63, 3.8) is 0 Å². The Morgan fingerprint density at radius 3 is 1.25 bits per heavy atom. The average molecular weight is 230 g/mol. The molecule has 0 amide bonds. The third kappa shape index (κ3) is 4.17. The van der Waals surface area contributed by atoms with Gasteiger partial charge in [0.15, 0.2) is 5.78 Å². The molecule has 1 nitrogen and oxygen atoms in total. The van der Waals surface area contributed by atoms with Crippen molar-refractivity contribution in [3.05, 3.63) is 71.8 Å².